The third-order valence-electron chi connectivity index (χ3n) is 6.22. The van der Waals surface area contributed by atoms with Gasteiger partial charge in [-0.2, -0.15) is 0 Å². The number of hydrogen-bond acceptors (Lipinski definition) is 6. The second kappa shape index (κ2) is 9.92. The number of nitrogens with zero attached hydrogens (tertiary/aromatic N) is 2. The van der Waals surface area contributed by atoms with Crippen molar-refractivity contribution < 1.29 is 22.7 Å². The number of sulfonamides is 1. The van der Waals surface area contributed by atoms with Gasteiger partial charge in [-0.15, -0.1) is 0 Å². The number of hydrogen-bond donors (Lipinski definition) is 3. The zero-order chi connectivity index (χ0) is 27.0. The maximum atomic E-state index is 11.8. The number of carbonyl (C=O) groups is 1. The van der Waals surface area contributed by atoms with Gasteiger partial charge in [-0.1, -0.05) is 18.2 Å². The largest absolute Gasteiger partial charge is 0.478 e. The molecule has 3 heterocycles. The molecule has 0 amide bonds. The summed E-state index contributed by atoms with van der Waals surface area (Å²) in [7, 11) is -3.43. The average molecular weight is 549 g/mol. The summed E-state index contributed by atoms with van der Waals surface area (Å²) in [6, 6.07) is 20.5. The molecule has 38 heavy (non-hydrogen) atoms. The van der Waals surface area contributed by atoms with E-state index in [0.717, 1.165) is 28.8 Å². The van der Waals surface area contributed by atoms with Crippen molar-refractivity contribution in [3.05, 3.63) is 102 Å². The van der Waals surface area contributed by atoms with Gasteiger partial charge in [-0.05, 0) is 79.3 Å². The maximum Gasteiger partial charge on any atom is 0.335 e. The third kappa shape index (κ3) is 5.11. The number of aromatic carboxylic acids is 1. The van der Waals surface area contributed by atoms with Gasteiger partial charge in [-0.25, -0.2) is 13.2 Å². The van der Waals surface area contributed by atoms with Crippen LogP contribution in [0.5, 0.6) is 0 Å². The van der Waals surface area contributed by atoms with E-state index in [-0.39, 0.29) is 11.6 Å². The lowest BCUT2D eigenvalue weighted by molar-refractivity contribution is 0.0697. The smallest absolute Gasteiger partial charge is 0.335 e. The van der Waals surface area contributed by atoms with Crippen molar-refractivity contribution in [3.63, 3.8) is 0 Å². The van der Waals surface area contributed by atoms with E-state index in [1.54, 1.807) is 30.5 Å². The minimum Gasteiger partial charge on any atom is -0.478 e. The number of furan rings is 1. The van der Waals surface area contributed by atoms with Gasteiger partial charge in [0.25, 0.3) is 0 Å². The first-order valence-corrected chi connectivity index (χ1v) is 13.9. The van der Waals surface area contributed by atoms with Gasteiger partial charge < -0.3 is 19.7 Å². The minimum absolute atomic E-state index is 0.191. The normalized spacial score (nSPS) is 17.3. The molecule has 3 N–H and O–H groups in total. The lowest BCUT2D eigenvalue weighted by Crippen LogP contribution is -2.29. The predicted molar refractivity (Wildman–Crippen MR) is 149 cm³/mol. The second-order valence-electron chi connectivity index (χ2n) is 8.95. The summed E-state index contributed by atoms with van der Waals surface area (Å²) in [5.41, 5.74) is 3.68. The van der Waals surface area contributed by atoms with Crippen molar-refractivity contribution in [1.82, 2.24) is 10.3 Å². The highest BCUT2D eigenvalue weighted by Gasteiger charge is 2.42. The summed E-state index contributed by atoms with van der Waals surface area (Å²) in [5, 5.41) is 13.0. The molecule has 0 bridgehead atoms. The van der Waals surface area contributed by atoms with Crippen molar-refractivity contribution in [2.75, 3.05) is 15.9 Å². The number of anilines is 2. The van der Waals surface area contributed by atoms with Crippen LogP contribution in [0, 0.1) is 6.92 Å². The molecule has 1 fully saturated rings. The minimum atomic E-state index is -3.43. The van der Waals surface area contributed by atoms with Crippen molar-refractivity contribution in [2.45, 2.75) is 19.0 Å². The molecule has 9 nitrogen and oxygen atoms in total. The summed E-state index contributed by atoms with van der Waals surface area (Å²) >= 11 is 5.76. The zero-order valence-corrected chi connectivity index (χ0v) is 22.1. The topological polar surface area (TPSA) is 125 Å². The Morgan fingerprint density at radius 3 is 2.50 bits per heavy atom. The van der Waals surface area contributed by atoms with E-state index >= 15 is 0 Å². The Kier molecular flexibility index (Phi) is 6.64. The fourth-order valence-corrected chi connectivity index (χ4v) is 5.45. The quantitative estimate of drug-likeness (QED) is 0.277. The predicted octanol–water partition coefficient (Wildman–Crippen LogP) is 4.90. The Balaban J connectivity index is 1.56. The van der Waals surface area contributed by atoms with Crippen LogP contribution in [-0.4, -0.2) is 35.8 Å². The van der Waals surface area contributed by atoms with Crippen LogP contribution in [0.25, 0.3) is 11.3 Å². The van der Waals surface area contributed by atoms with Crippen molar-refractivity contribution in [2.24, 2.45) is 0 Å². The first-order chi connectivity index (χ1) is 18.1. The fraction of sp³-hybridized carbons (Fsp3) is 0.148. The summed E-state index contributed by atoms with van der Waals surface area (Å²) in [4.78, 5) is 17.7. The van der Waals surface area contributed by atoms with Gasteiger partial charge in [0, 0.05) is 17.4 Å². The molecule has 5 rings (SSSR count). The molecule has 194 valence electrons. The number of carboxylic acid groups (broad SMARTS) is 1. The van der Waals surface area contributed by atoms with Gasteiger partial charge in [0.1, 0.15) is 17.6 Å². The van der Waals surface area contributed by atoms with Crippen LogP contribution in [0.15, 0.2) is 83.4 Å². The molecule has 0 radical (unpaired) electrons. The molecule has 2 aromatic carbocycles. The molecule has 0 unspecified atom stereocenters. The van der Waals surface area contributed by atoms with Gasteiger partial charge in [-0.3, -0.25) is 9.71 Å². The number of aromatic nitrogens is 1. The molecular weight excluding hydrogens is 524 g/mol. The van der Waals surface area contributed by atoms with E-state index in [1.165, 1.54) is 12.1 Å². The number of benzene rings is 2. The summed E-state index contributed by atoms with van der Waals surface area (Å²) in [6.45, 7) is 1.82. The van der Waals surface area contributed by atoms with Crippen molar-refractivity contribution in [1.29, 1.82) is 0 Å². The number of aryl methyl sites for hydroxylation is 1. The van der Waals surface area contributed by atoms with E-state index in [1.807, 2.05) is 48.2 Å². The summed E-state index contributed by atoms with van der Waals surface area (Å²) in [5.74, 6) is 0.212. The number of pyridine rings is 1. The number of thiocarbonyl (C=S) groups is 1. The number of rotatable bonds is 7. The van der Waals surface area contributed by atoms with Crippen LogP contribution < -0.4 is 14.9 Å². The Hall–Kier alpha value is -4.22. The molecule has 0 spiro atoms. The Bertz CT molecular complexity index is 1620. The van der Waals surface area contributed by atoms with Gasteiger partial charge in [0.2, 0.25) is 10.0 Å². The van der Waals surface area contributed by atoms with Gasteiger partial charge in [0.05, 0.1) is 29.2 Å². The molecule has 2 atom stereocenters. The Morgan fingerprint density at radius 2 is 1.87 bits per heavy atom. The van der Waals surface area contributed by atoms with E-state index in [0.29, 0.717) is 22.3 Å². The number of carboxylic acids is 1. The lowest BCUT2D eigenvalue weighted by atomic mass is 10.0. The van der Waals surface area contributed by atoms with Crippen molar-refractivity contribution >= 4 is 44.7 Å². The van der Waals surface area contributed by atoms with Crippen LogP contribution in [0.3, 0.4) is 0 Å². The maximum absolute atomic E-state index is 11.8. The van der Waals surface area contributed by atoms with Crippen LogP contribution >= 0.6 is 12.2 Å². The van der Waals surface area contributed by atoms with Crippen LogP contribution in [0.1, 0.15) is 39.5 Å². The molecular formula is C27H24N4O5S2. The van der Waals surface area contributed by atoms with E-state index in [9.17, 15) is 18.3 Å². The summed E-state index contributed by atoms with van der Waals surface area (Å²) < 4.78 is 32.4. The SMILES string of the molecule is Cc1cc(N2C(=S)N[C@@H](c3ccccn3)[C@@H]2c2ccc(-c3ccc(C(=O)O)cc3)o2)ccc1NS(C)(=O)=O. The monoisotopic (exact) mass is 548 g/mol. The van der Waals surface area contributed by atoms with E-state index < -0.39 is 22.0 Å². The highest BCUT2D eigenvalue weighted by molar-refractivity contribution is 7.92. The van der Waals surface area contributed by atoms with Gasteiger partial charge >= 0.3 is 5.97 Å². The molecule has 11 heteroatoms. The Morgan fingerprint density at radius 1 is 1.11 bits per heavy atom. The fourth-order valence-electron chi connectivity index (χ4n) is 4.48. The highest BCUT2D eigenvalue weighted by Crippen LogP contribution is 2.43. The first kappa shape index (κ1) is 25.4. The number of nitrogens with one attached hydrogen (secondary N) is 2. The third-order valence-corrected chi connectivity index (χ3v) is 7.12. The molecule has 0 saturated carbocycles. The van der Waals surface area contributed by atoms with E-state index in [4.69, 9.17) is 16.6 Å². The lowest BCUT2D eigenvalue weighted by Gasteiger charge is -2.26. The highest BCUT2D eigenvalue weighted by atomic mass is 32.2. The second-order valence-corrected chi connectivity index (χ2v) is 11.1. The Labute approximate surface area is 225 Å². The zero-order valence-electron chi connectivity index (χ0n) is 20.5. The molecule has 2 aromatic heterocycles. The average Bonchev–Trinajstić information content (AvgIpc) is 3.50. The van der Waals surface area contributed by atoms with Crippen molar-refractivity contribution in [3.8, 4) is 11.3 Å². The summed E-state index contributed by atoms with van der Waals surface area (Å²) in [6.07, 6.45) is 2.82. The van der Waals surface area contributed by atoms with Gasteiger partial charge in [0.15, 0.2) is 5.11 Å². The van der Waals surface area contributed by atoms with E-state index in [2.05, 4.69) is 15.0 Å². The molecule has 1 aliphatic heterocycles. The molecule has 0 aliphatic carbocycles. The van der Waals surface area contributed by atoms with Crippen LogP contribution in [0.2, 0.25) is 0 Å². The first-order valence-electron chi connectivity index (χ1n) is 11.6. The molecule has 1 aliphatic rings. The molecule has 4 aromatic rings. The van der Waals surface area contributed by atoms with Crippen LogP contribution in [-0.2, 0) is 10.0 Å². The standard InChI is InChI=1S/C27H24N4O5S2/c1-16-15-19(10-11-20(16)30-38(2,34)35)31-25(24(29-27(31)37)21-5-3-4-14-28-21)23-13-12-22(36-23)17-6-8-18(9-7-17)26(32)33/h3-15,24-25,30H,1-2H3,(H,29,37)(H,32,33)/t24-,25-/m0/s1. The molecule has 1 saturated heterocycles. The van der Waals surface area contributed by atoms with Crippen LogP contribution in [0.4, 0.5) is 11.4 Å².